The molecule has 0 aromatic rings. The second kappa shape index (κ2) is 58.0. The van der Waals surface area contributed by atoms with Crippen LogP contribution in [0.4, 0.5) is 0 Å². The highest BCUT2D eigenvalue weighted by Gasteiger charge is 2.30. The molecule has 0 aromatic carbocycles. The number of esters is 1. The topological polar surface area (TPSA) is 111 Å². The van der Waals surface area contributed by atoms with Gasteiger partial charge in [-0.25, -0.2) is 4.57 Å². The summed E-state index contributed by atoms with van der Waals surface area (Å²) in [5, 5.41) is 3.07. The molecular formula is C67H134N2O7P+. The number of hydrogen-bond acceptors (Lipinski definition) is 6. The number of nitrogens with one attached hydrogen (secondary N) is 1. The number of hydrogen-bond donors (Lipinski definition) is 2. The van der Waals surface area contributed by atoms with Crippen molar-refractivity contribution in [1.82, 2.24) is 5.32 Å². The molecule has 2 N–H and O–H groups in total. The third-order valence-corrected chi connectivity index (χ3v) is 16.7. The number of phosphoric ester groups is 1. The molecule has 0 spiro atoms. The third kappa shape index (κ3) is 59.2. The fourth-order valence-corrected chi connectivity index (χ4v) is 11.2. The minimum atomic E-state index is -4.44. The Bertz CT molecular complexity index is 1320. The van der Waals surface area contributed by atoms with Crippen LogP contribution in [-0.4, -0.2) is 74.3 Å². The first-order valence-electron chi connectivity index (χ1n) is 34.0. The molecule has 0 heterocycles. The zero-order valence-electron chi connectivity index (χ0n) is 52.5. The lowest BCUT2D eigenvalue weighted by Crippen LogP contribution is -2.47. The number of carbonyl (C=O) groups is 2. The zero-order chi connectivity index (χ0) is 56.4. The molecule has 77 heavy (non-hydrogen) atoms. The number of carbonyl (C=O) groups excluding carboxylic acids is 2. The zero-order valence-corrected chi connectivity index (χ0v) is 53.4. The van der Waals surface area contributed by atoms with Gasteiger partial charge in [-0.2, -0.15) is 0 Å². The first kappa shape index (κ1) is 75.8. The van der Waals surface area contributed by atoms with Crippen LogP contribution in [0.1, 0.15) is 355 Å². The van der Waals surface area contributed by atoms with Crippen LogP contribution >= 0.6 is 7.82 Å². The lowest BCUT2D eigenvalue weighted by Gasteiger charge is -2.27. The van der Waals surface area contributed by atoms with Crippen molar-refractivity contribution in [3.8, 4) is 0 Å². The molecule has 10 heteroatoms. The molecule has 9 nitrogen and oxygen atoms in total. The van der Waals surface area contributed by atoms with Gasteiger partial charge in [0.05, 0.1) is 33.8 Å². The van der Waals surface area contributed by atoms with Crippen LogP contribution in [0.15, 0.2) is 12.2 Å². The highest BCUT2D eigenvalue weighted by Crippen LogP contribution is 2.43. The van der Waals surface area contributed by atoms with Gasteiger partial charge in [0.1, 0.15) is 19.3 Å². The number of phosphoric acid groups is 1. The summed E-state index contributed by atoms with van der Waals surface area (Å²) in [6.45, 7) is 7.08. The van der Waals surface area contributed by atoms with E-state index < -0.39 is 20.0 Å². The highest BCUT2D eigenvalue weighted by atomic mass is 31.2. The van der Waals surface area contributed by atoms with Gasteiger partial charge < -0.3 is 19.4 Å². The Morgan fingerprint density at radius 1 is 0.442 bits per heavy atom. The SMILES string of the molecule is CCCCCCCCCCC/C=C\C(OC(=O)CCCCCCCCCCCCCCCCCCCCCCCCC)C(COP(=O)(O)OCC[N+](C)(C)C)NC(=O)CCCCCCCCCCCCCCCCCCC. The van der Waals surface area contributed by atoms with E-state index >= 15 is 0 Å². The van der Waals surface area contributed by atoms with Crippen LogP contribution in [0.3, 0.4) is 0 Å². The number of quaternary nitrogens is 1. The predicted molar refractivity (Wildman–Crippen MR) is 333 cm³/mol. The number of rotatable bonds is 63. The number of likely N-dealkylation sites (N-methyl/N-ethyl adjacent to an activating group) is 1. The second-order valence-corrected chi connectivity index (χ2v) is 26.2. The summed E-state index contributed by atoms with van der Waals surface area (Å²) < 4.78 is 30.8. The van der Waals surface area contributed by atoms with Crippen molar-refractivity contribution < 1.29 is 37.3 Å². The van der Waals surface area contributed by atoms with Crippen molar-refractivity contribution >= 4 is 19.7 Å². The van der Waals surface area contributed by atoms with Crippen molar-refractivity contribution in [2.75, 3.05) is 40.9 Å². The van der Waals surface area contributed by atoms with E-state index in [1.54, 1.807) is 0 Å². The van der Waals surface area contributed by atoms with Crippen molar-refractivity contribution in [1.29, 1.82) is 0 Å². The predicted octanol–water partition coefficient (Wildman–Crippen LogP) is 21.1. The summed E-state index contributed by atoms with van der Waals surface area (Å²) in [4.78, 5) is 37.8. The van der Waals surface area contributed by atoms with Gasteiger partial charge in [-0.05, 0) is 31.8 Å². The van der Waals surface area contributed by atoms with Crippen LogP contribution in [0.25, 0.3) is 0 Å². The summed E-state index contributed by atoms with van der Waals surface area (Å²) in [7, 11) is 1.52. The maximum Gasteiger partial charge on any atom is 0.472 e. The molecule has 0 aromatic heterocycles. The van der Waals surface area contributed by atoms with E-state index in [9.17, 15) is 19.0 Å². The van der Waals surface area contributed by atoms with E-state index in [4.69, 9.17) is 13.8 Å². The molecule has 0 radical (unpaired) electrons. The number of allylic oxidation sites excluding steroid dienone is 1. The Balaban J connectivity index is 5.03. The second-order valence-electron chi connectivity index (χ2n) is 24.7. The van der Waals surface area contributed by atoms with Crippen molar-refractivity contribution in [3.63, 3.8) is 0 Å². The van der Waals surface area contributed by atoms with Crippen LogP contribution in [0.2, 0.25) is 0 Å². The molecule has 0 rings (SSSR count). The number of nitrogens with zero attached hydrogens (tertiary/aromatic N) is 1. The van der Waals surface area contributed by atoms with E-state index in [1.807, 2.05) is 33.3 Å². The highest BCUT2D eigenvalue weighted by molar-refractivity contribution is 7.47. The minimum absolute atomic E-state index is 0.0459. The number of amides is 1. The van der Waals surface area contributed by atoms with Crippen molar-refractivity contribution in [3.05, 3.63) is 12.2 Å². The van der Waals surface area contributed by atoms with Gasteiger partial charge in [0.15, 0.2) is 0 Å². The number of ether oxygens (including phenoxy) is 1. The smallest absolute Gasteiger partial charge is 0.456 e. The quantitative estimate of drug-likeness (QED) is 0.0205. The van der Waals surface area contributed by atoms with Gasteiger partial charge in [-0.1, -0.05) is 322 Å². The van der Waals surface area contributed by atoms with E-state index in [2.05, 4.69) is 26.1 Å². The summed E-state index contributed by atoms with van der Waals surface area (Å²) in [5.74, 6) is -0.480. The van der Waals surface area contributed by atoms with Gasteiger partial charge in [0.25, 0.3) is 0 Å². The molecular weight excluding hydrogens is 976 g/mol. The molecule has 0 bridgehead atoms. The molecule has 0 saturated heterocycles. The lowest BCUT2D eigenvalue weighted by atomic mass is 10.0. The van der Waals surface area contributed by atoms with E-state index in [0.717, 1.165) is 57.8 Å². The average molecular weight is 1110 g/mol. The maximum absolute atomic E-state index is 13.6. The van der Waals surface area contributed by atoms with Gasteiger partial charge in [-0.3, -0.25) is 18.6 Å². The first-order chi connectivity index (χ1) is 37.4. The summed E-state index contributed by atoms with van der Waals surface area (Å²) in [5.41, 5.74) is 0. The standard InChI is InChI=1S/C67H133N2O7P/c1-7-10-13-16-19-22-25-27-29-31-32-33-34-35-36-38-40-42-45-48-51-54-57-60-67(71)76-65(58-55-52-49-46-43-24-21-18-15-12-9-3)64(63-75-77(72,73)74-62-61-69(4,5)6)68-66(70)59-56-53-50-47-44-41-39-37-30-28-26-23-20-17-14-11-8-2/h55,58,64-65H,7-54,56-57,59-63H2,1-6H3,(H-,68,70,72,73)/p+1/b58-55-. The van der Waals surface area contributed by atoms with Gasteiger partial charge >= 0.3 is 13.8 Å². The molecule has 0 fully saturated rings. The average Bonchev–Trinajstić information content (AvgIpc) is 3.39. The Kier molecular flexibility index (Phi) is 57.0. The summed E-state index contributed by atoms with van der Waals surface area (Å²) in [6.07, 6.45) is 67.9. The van der Waals surface area contributed by atoms with Gasteiger partial charge in [0, 0.05) is 12.8 Å². The Morgan fingerprint density at radius 2 is 0.740 bits per heavy atom. The number of unbranched alkanes of at least 4 members (excludes halogenated alkanes) is 47. The maximum atomic E-state index is 13.6. The Labute approximate surface area is 480 Å². The monoisotopic (exact) mass is 1110 g/mol. The van der Waals surface area contributed by atoms with E-state index in [0.29, 0.717) is 23.9 Å². The van der Waals surface area contributed by atoms with Crippen molar-refractivity contribution in [2.45, 2.75) is 367 Å². The van der Waals surface area contributed by atoms with Crippen LogP contribution in [0, 0.1) is 0 Å². The normalized spacial score (nSPS) is 13.6. The molecule has 3 atom stereocenters. The Morgan fingerprint density at radius 3 is 1.06 bits per heavy atom. The van der Waals surface area contributed by atoms with Crippen LogP contribution in [-0.2, 0) is 27.9 Å². The summed E-state index contributed by atoms with van der Waals surface area (Å²) >= 11 is 0. The van der Waals surface area contributed by atoms with Gasteiger partial charge in [0.2, 0.25) is 5.91 Å². The Hall–Kier alpha value is -1.25. The van der Waals surface area contributed by atoms with E-state index in [1.165, 1.54) is 263 Å². The largest absolute Gasteiger partial charge is 0.472 e. The molecule has 1 amide bonds. The van der Waals surface area contributed by atoms with E-state index in [-0.39, 0.29) is 25.1 Å². The molecule has 0 aliphatic heterocycles. The fourth-order valence-electron chi connectivity index (χ4n) is 10.5. The van der Waals surface area contributed by atoms with Gasteiger partial charge in [-0.15, -0.1) is 0 Å². The molecule has 0 aliphatic rings. The minimum Gasteiger partial charge on any atom is -0.456 e. The molecule has 0 aliphatic carbocycles. The van der Waals surface area contributed by atoms with Crippen LogP contribution < -0.4 is 5.32 Å². The molecule has 3 unspecified atom stereocenters. The fraction of sp³-hybridized carbons (Fsp3) is 0.940. The first-order valence-corrected chi connectivity index (χ1v) is 35.5. The summed E-state index contributed by atoms with van der Waals surface area (Å²) in [6, 6.07) is -0.839. The molecule has 0 saturated carbocycles. The molecule has 458 valence electrons. The third-order valence-electron chi connectivity index (χ3n) is 15.7. The lowest BCUT2D eigenvalue weighted by molar-refractivity contribution is -0.870. The van der Waals surface area contributed by atoms with Crippen LogP contribution in [0.5, 0.6) is 0 Å². The van der Waals surface area contributed by atoms with Crippen molar-refractivity contribution in [2.24, 2.45) is 0 Å².